The van der Waals surface area contributed by atoms with Gasteiger partial charge in [-0.05, 0) is 13.3 Å². The monoisotopic (exact) mass is 230 g/mol. The standard InChI is InChI=1S/C8H14N4O2S/c1-6(9)8-4-12(11-10-8)7-2-3-15(13,14)5-7/h4,6-7H,2-3,5,9H2,1H3. The molecule has 2 unspecified atom stereocenters. The number of hydrogen-bond acceptors (Lipinski definition) is 5. The summed E-state index contributed by atoms with van der Waals surface area (Å²) in [6.45, 7) is 1.82. The molecular formula is C8H14N4O2S. The average Bonchev–Trinajstić information content (AvgIpc) is 2.70. The van der Waals surface area contributed by atoms with Gasteiger partial charge in [-0.2, -0.15) is 0 Å². The number of hydrogen-bond donors (Lipinski definition) is 1. The Kier molecular flexibility index (Phi) is 2.51. The molecule has 0 bridgehead atoms. The second kappa shape index (κ2) is 3.57. The molecule has 2 N–H and O–H groups in total. The van der Waals surface area contributed by atoms with Gasteiger partial charge in [-0.3, -0.25) is 0 Å². The first kappa shape index (κ1) is 10.6. The van der Waals surface area contributed by atoms with Crippen molar-refractivity contribution in [3.63, 3.8) is 0 Å². The Balaban J connectivity index is 2.17. The zero-order chi connectivity index (χ0) is 11.1. The minimum Gasteiger partial charge on any atom is -0.323 e. The summed E-state index contributed by atoms with van der Waals surface area (Å²) < 4.78 is 24.2. The molecule has 1 aromatic heterocycles. The number of nitrogens with zero attached hydrogens (tertiary/aromatic N) is 3. The van der Waals surface area contributed by atoms with Crippen LogP contribution in [0.3, 0.4) is 0 Å². The second-order valence-corrected chi connectivity index (χ2v) is 6.20. The molecule has 1 aliphatic heterocycles. The molecule has 1 saturated heterocycles. The SMILES string of the molecule is CC(N)c1cn(C2CCS(=O)(=O)C2)nn1. The van der Waals surface area contributed by atoms with E-state index in [9.17, 15) is 8.42 Å². The molecule has 15 heavy (non-hydrogen) atoms. The summed E-state index contributed by atoms with van der Waals surface area (Å²) >= 11 is 0. The van der Waals surface area contributed by atoms with Gasteiger partial charge in [0.25, 0.3) is 0 Å². The normalized spacial score (nSPS) is 26.7. The summed E-state index contributed by atoms with van der Waals surface area (Å²) in [6, 6.07) is -0.244. The van der Waals surface area contributed by atoms with Crippen molar-refractivity contribution in [2.45, 2.75) is 25.4 Å². The van der Waals surface area contributed by atoms with E-state index < -0.39 is 9.84 Å². The van der Waals surface area contributed by atoms with Crippen molar-refractivity contribution in [1.29, 1.82) is 0 Å². The maximum atomic E-state index is 11.3. The topological polar surface area (TPSA) is 90.9 Å². The Bertz CT molecular complexity index is 451. The van der Waals surface area contributed by atoms with Crippen molar-refractivity contribution in [2.24, 2.45) is 5.73 Å². The molecule has 1 aromatic rings. The highest BCUT2D eigenvalue weighted by atomic mass is 32.2. The predicted molar refractivity (Wildman–Crippen MR) is 54.9 cm³/mol. The molecule has 0 radical (unpaired) electrons. The van der Waals surface area contributed by atoms with Crippen molar-refractivity contribution >= 4 is 9.84 Å². The smallest absolute Gasteiger partial charge is 0.152 e. The Morgan fingerprint density at radius 1 is 1.67 bits per heavy atom. The number of sulfone groups is 1. The third-order valence-corrected chi connectivity index (χ3v) is 4.33. The second-order valence-electron chi connectivity index (χ2n) is 3.97. The third kappa shape index (κ3) is 2.18. The Morgan fingerprint density at radius 3 is 2.87 bits per heavy atom. The van der Waals surface area contributed by atoms with Gasteiger partial charge < -0.3 is 5.73 Å². The quantitative estimate of drug-likeness (QED) is 0.750. The Labute approximate surface area is 88.4 Å². The lowest BCUT2D eigenvalue weighted by Crippen LogP contribution is -2.11. The highest BCUT2D eigenvalue weighted by Gasteiger charge is 2.30. The predicted octanol–water partition coefficient (Wildman–Crippen LogP) is -0.343. The van der Waals surface area contributed by atoms with E-state index in [0.717, 1.165) is 0 Å². The van der Waals surface area contributed by atoms with Crippen LogP contribution in [0.2, 0.25) is 0 Å². The van der Waals surface area contributed by atoms with Crippen LogP contribution in [-0.2, 0) is 9.84 Å². The summed E-state index contributed by atoms with van der Waals surface area (Å²) in [5.41, 5.74) is 6.34. The van der Waals surface area contributed by atoms with E-state index >= 15 is 0 Å². The van der Waals surface area contributed by atoms with Gasteiger partial charge in [0.1, 0.15) is 0 Å². The van der Waals surface area contributed by atoms with Gasteiger partial charge in [-0.25, -0.2) is 13.1 Å². The van der Waals surface area contributed by atoms with E-state index in [1.165, 1.54) is 0 Å². The minimum atomic E-state index is -2.87. The lowest BCUT2D eigenvalue weighted by atomic mass is 10.2. The molecule has 84 valence electrons. The fourth-order valence-electron chi connectivity index (χ4n) is 1.66. The highest BCUT2D eigenvalue weighted by molar-refractivity contribution is 7.91. The van der Waals surface area contributed by atoms with Crippen LogP contribution in [0.15, 0.2) is 6.20 Å². The third-order valence-electron chi connectivity index (χ3n) is 2.58. The van der Waals surface area contributed by atoms with Crippen molar-refractivity contribution in [3.05, 3.63) is 11.9 Å². The summed E-state index contributed by atoms with van der Waals surface area (Å²) in [6.07, 6.45) is 2.35. The molecule has 6 nitrogen and oxygen atoms in total. The molecule has 0 saturated carbocycles. The molecular weight excluding hydrogens is 216 g/mol. The van der Waals surface area contributed by atoms with Crippen molar-refractivity contribution in [2.75, 3.05) is 11.5 Å². The molecule has 7 heteroatoms. The van der Waals surface area contributed by atoms with Crippen LogP contribution < -0.4 is 5.73 Å². The van der Waals surface area contributed by atoms with E-state index in [-0.39, 0.29) is 23.6 Å². The van der Waals surface area contributed by atoms with Crippen molar-refractivity contribution in [3.8, 4) is 0 Å². The van der Waals surface area contributed by atoms with Crippen molar-refractivity contribution in [1.82, 2.24) is 15.0 Å². The van der Waals surface area contributed by atoms with E-state index in [1.54, 1.807) is 10.9 Å². The van der Waals surface area contributed by atoms with Gasteiger partial charge in [0, 0.05) is 6.04 Å². The van der Waals surface area contributed by atoms with Crippen LogP contribution in [0.25, 0.3) is 0 Å². The van der Waals surface area contributed by atoms with Crippen LogP contribution in [0.1, 0.15) is 31.1 Å². The van der Waals surface area contributed by atoms with Crippen LogP contribution in [0, 0.1) is 0 Å². The molecule has 2 heterocycles. The van der Waals surface area contributed by atoms with Gasteiger partial charge in [0.15, 0.2) is 9.84 Å². The first-order chi connectivity index (χ1) is 6.98. The van der Waals surface area contributed by atoms with Gasteiger partial charge in [0.05, 0.1) is 29.4 Å². The summed E-state index contributed by atoms with van der Waals surface area (Å²) in [5, 5.41) is 7.81. The number of nitrogens with two attached hydrogens (primary N) is 1. The average molecular weight is 230 g/mol. The first-order valence-electron chi connectivity index (χ1n) is 4.86. The number of rotatable bonds is 2. The van der Waals surface area contributed by atoms with Gasteiger partial charge in [0.2, 0.25) is 0 Å². The van der Waals surface area contributed by atoms with Crippen molar-refractivity contribution < 1.29 is 8.42 Å². The zero-order valence-corrected chi connectivity index (χ0v) is 9.31. The van der Waals surface area contributed by atoms with Gasteiger partial charge in [-0.1, -0.05) is 5.21 Å². The maximum Gasteiger partial charge on any atom is 0.152 e. The molecule has 0 aliphatic carbocycles. The largest absolute Gasteiger partial charge is 0.323 e. The Morgan fingerprint density at radius 2 is 2.40 bits per heavy atom. The molecule has 0 aromatic carbocycles. The molecule has 1 fully saturated rings. The lowest BCUT2D eigenvalue weighted by molar-refractivity contribution is 0.484. The van der Waals surface area contributed by atoms with Crippen LogP contribution >= 0.6 is 0 Å². The van der Waals surface area contributed by atoms with Gasteiger partial charge >= 0.3 is 0 Å². The molecule has 2 rings (SSSR count). The lowest BCUT2D eigenvalue weighted by Gasteiger charge is -2.05. The van der Waals surface area contributed by atoms with Crippen LogP contribution in [0.5, 0.6) is 0 Å². The van der Waals surface area contributed by atoms with E-state index in [1.807, 2.05) is 6.92 Å². The number of aromatic nitrogens is 3. The summed E-state index contributed by atoms with van der Waals surface area (Å²) in [5.74, 6) is 0.403. The van der Waals surface area contributed by atoms with E-state index in [2.05, 4.69) is 10.3 Å². The fourth-order valence-corrected chi connectivity index (χ4v) is 3.37. The maximum absolute atomic E-state index is 11.3. The first-order valence-corrected chi connectivity index (χ1v) is 6.68. The minimum absolute atomic E-state index is 0.0741. The van der Waals surface area contributed by atoms with Crippen LogP contribution in [-0.4, -0.2) is 34.9 Å². The molecule has 0 spiro atoms. The van der Waals surface area contributed by atoms with E-state index in [0.29, 0.717) is 12.1 Å². The summed E-state index contributed by atoms with van der Waals surface area (Å²) in [4.78, 5) is 0. The summed E-state index contributed by atoms with van der Waals surface area (Å²) in [7, 11) is -2.87. The van der Waals surface area contributed by atoms with Gasteiger partial charge in [-0.15, -0.1) is 5.10 Å². The van der Waals surface area contributed by atoms with E-state index in [4.69, 9.17) is 5.73 Å². The highest BCUT2D eigenvalue weighted by Crippen LogP contribution is 2.23. The Hall–Kier alpha value is -0.950. The molecule has 1 aliphatic rings. The van der Waals surface area contributed by atoms with Crippen LogP contribution in [0.4, 0.5) is 0 Å². The zero-order valence-electron chi connectivity index (χ0n) is 8.50. The molecule has 2 atom stereocenters. The molecule has 0 amide bonds. The fraction of sp³-hybridized carbons (Fsp3) is 0.750.